The molecule has 0 aliphatic rings. The van der Waals surface area contributed by atoms with Crippen molar-refractivity contribution in [2.24, 2.45) is 0 Å². The van der Waals surface area contributed by atoms with Crippen LogP contribution in [0.2, 0.25) is 0 Å². The van der Waals surface area contributed by atoms with E-state index in [4.69, 9.17) is 0 Å². The molecule has 0 rings (SSSR count). The predicted octanol–water partition coefficient (Wildman–Crippen LogP) is 4.85. The zero-order chi connectivity index (χ0) is 15.4. The van der Waals surface area contributed by atoms with Gasteiger partial charge in [-0.25, -0.2) is 0 Å². The smallest absolute Gasteiger partial charge is 0.120 e. The molecule has 0 saturated heterocycles. The molecule has 1 nitrogen and oxygen atoms in total. The average molecular weight is 274 g/mol. The molecule has 20 heavy (non-hydrogen) atoms. The van der Waals surface area contributed by atoms with Gasteiger partial charge in [0.15, 0.2) is 0 Å². The van der Waals surface area contributed by atoms with E-state index in [-0.39, 0.29) is 0 Å². The molecule has 0 atom stereocenters. The Morgan fingerprint density at radius 2 is 1.60 bits per heavy atom. The molecule has 1 N–H and O–H groups in total. The molecule has 0 bridgehead atoms. The van der Waals surface area contributed by atoms with Crippen LogP contribution in [0.5, 0.6) is 0 Å². The Bertz CT molecular complexity index is 413. The normalized spacial score (nSPS) is 11.9. The minimum atomic E-state index is -0.939. The predicted molar refractivity (Wildman–Crippen MR) is 88.2 cm³/mol. The first-order valence-electron chi connectivity index (χ1n) is 7.91. The van der Waals surface area contributed by atoms with E-state index in [0.29, 0.717) is 0 Å². The Balaban J connectivity index is 5.19. The lowest BCUT2D eigenvalue weighted by atomic mass is 9.99. The largest absolute Gasteiger partial charge is 0.378 e. The Morgan fingerprint density at radius 1 is 0.950 bits per heavy atom. The van der Waals surface area contributed by atoms with Gasteiger partial charge in [-0.1, -0.05) is 57.3 Å². The number of aliphatic hydroxyl groups is 1. The van der Waals surface area contributed by atoms with Crippen LogP contribution in [0.4, 0.5) is 0 Å². The third-order valence-corrected chi connectivity index (χ3v) is 2.91. The van der Waals surface area contributed by atoms with Crippen LogP contribution in [0, 0.1) is 23.7 Å². The number of hydrogen-bond donors (Lipinski definition) is 1. The highest BCUT2D eigenvalue weighted by molar-refractivity contribution is 5.43. The maximum Gasteiger partial charge on any atom is 0.120 e. The van der Waals surface area contributed by atoms with E-state index < -0.39 is 5.60 Å². The Kier molecular flexibility index (Phi) is 9.96. The van der Waals surface area contributed by atoms with Crippen LogP contribution in [0.3, 0.4) is 0 Å². The Morgan fingerprint density at radius 3 is 2.10 bits per heavy atom. The van der Waals surface area contributed by atoms with Crippen molar-refractivity contribution in [3.63, 3.8) is 0 Å². The molecule has 0 aromatic rings. The lowest BCUT2D eigenvalue weighted by molar-refractivity contribution is 0.143. The molecular weight excluding hydrogens is 244 g/mol. The minimum Gasteiger partial charge on any atom is -0.378 e. The van der Waals surface area contributed by atoms with Gasteiger partial charge in [0.2, 0.25) is 0 Å². The van der Waals surface area contributed by atoms with E-state index in [1.807, 2.05) is 0 Å². The molecule has 0 unspecified atom stereocenters. The summed E-state index contributed by atoms with van der Waals surface area (Å²) in [5.41, 5.74) is 1.32. The first kappa shape index (κ1) is 18.8. The van der Waals surface area contributed by atoms with Gasteiger partial charge in [-0.05, 0) is 39.5 Å². The lowest BCUT2D eigenvalue weighted by Crippen LogP contribution is -2.14. The van der Waals surface area contributed by atoms with Gasteiger partial charge < -0.3 is 5.11 Å². The first-order valence-corrected chi connectivity index (χ1v) is 7.91. The highest BCUT2D eigenvalue weighted by atomic mass is 16.3. The van der Waals surface area contributed by atoms with Crippen LogP contribution in [0.1, 0.15) is 79.6 Å². The fourth-order valence-corrected chi connectivity index (χ4v) is 1.68. The summed E-state index contributed by atoms with van der Waals surface area (Å²) in [7, 11) is 0. The first-order chi connectivity index (χ1) is 9.44. The number of rotatable bonds is 6. The quantitative estimate of drug-likeness (QED) is 0.542. The molecule has 0 fully saturated rings. The summed E-state index contributed by atoms with van der Waals surface area (Å²) in [4.78, 5) is 0. The molecule has 0 aromatic heterocycles. The van der Waals surface area contributed by atoms with Crippen molar-refractivity contribution in [2.45, 2.75) is 85.2 Å². The van der Waals surface area contributed by atoms with E-state index in [2.05, 4.69) is 44.5 Å². The molecule has 0 saturated carbocycles. The van der Waals surface area contributed by atoms with Gasteiger partial charge in [-0.3, -0.25) is 0 Å². The van der Waals surface area contributed by atoms with Crippen molar-refractivity contribution in [1.29, 1.82) is 0 Å². The molecule has 0 spiro atoms. The van der Waals surface area contributed by atoms with Crippen molar-refractivity contribution in [2.75, 3.05) is 0 Å². The van der Waals surface area contributed by atoms with Gasteiger partial charge in [0.05, 0.1) is 0 Å². The summed E-state index contributed by atoms with van der Waals surface area (Å²) in [5.74, 6) is 12.6. The molecule has 0 aliphatic carbocycles. The summed E-state index contributed by atoms with van der Waals surface area (Å²) < 4.78 is 0. The van der Waals surface area contributed by atoms with Crippen molar-refractivity contribution < 1.29 is 5.11 Å². The van der Waals surface area contributed by atoms with Crippen LogP contribution in [0.25, 0.3) is 0 Å². The van der Waals surface area contributed by atoms with Crippen LogP contribution < -0.4 is 0 Å². The molecule has 112 valence electrons. The lowest BCUT2D eigenvalue weighted by Gasteiger charge is -2.08. The van der Waals surface area contributed by atoms with Crippen molar-refractivity contribution in [3.8, 4) is 23.7 Å². The van der Waals surface area contributed by atoms with Gasteiger partial charge in [-0.2, -0.15) is 0 Å². The van der Waals surface area contributed by atoms with Crippen LogP contribution >= 0.6 is 0 Å². The summed E-state index contributed by atoms with van der Waals surface area (Å²) in [6, 6.07) is 0. The van der Waals surface area contributed by atoms with E-state index in [1.54, 1.807) is 13.8 Å². The second-order valence-corrected chi connectivity index (χ2v) is 5.63. The van der Waals surface area contributed by atoms with Gasteiger partial charge in [0, 0.05) is 17.6 Å². The highest BCUT2D eigenvalue weighted by Crippen LogP contribution is 2.15. The SMILES string of the molecule is CCCCC#C/C(CC)=C(\C#CC(C)(C)O)CCCC. The summed E-state index contributed by atoms with van der Waals surface area (Å²) in [6.45, 7) is 9.92. The standard InChI is InChI=1S/C19H30O/c1-6-9-11-12-14-17(8-3)18(13-10-7-2)15-16-19(4,5)20/h20H,6-11,13H2,1-5H3/b18-17-. The van der Waals surface area contributed by atoms with Crippen molar-refractivity contribution >= 4 is 0 Å². The van der Waals surface area contributed by atoms with E-state index in [1.165, 1.54) is 6.42 Å². The third-order valence-electron chi connectivity index (χ3n) is 2.91. The second kappa shape index (κ2) is 10.6. The molecule has 0 heterocycles. The number of allylic oxidation sites excluding steroid dienone is 2. The van der Waals surface area contributed by atoms with Gasteiger partial charge >= 0.3 is 0 Å². The number of unbranched alkanes of at least 4 members (excludes halogenated alkanes) is 3. The van der Waals surface area contributed by atoms with Crippen LogP contribution in [0.15, 0.2) is 11.1 Å². The third kappa shape index (κ3) is 9.71. The molecule has 0 aliphatic heterocycles. The van der Waals surface area contributed by atoms with Crippen molar-refractivity contribution in [3.05, 3.63) is 11.1 Å². The molecule has 0 aromatic carbocycles. The van der Waals surface area contributed by atoms with E-state index >= 15 is 0 Å². The zero-order valence-electron chi connectivity index (χ0n) is 13.9. The number of hydrogen-bond acceptors (Lipinski definition) is 1. The molecule has 0 amide bonds. The fraction of sp³-hybridized carbons (Fsp3) is 0.684. The van der Waals surface area contributed by atoms with Crippen molar-refractivity contribution in [1.82, 2.24) is 0 Å². The van der Waals surface area contributed by atoms with Gasteiger partial charge in [0.25, 0.3) is 0 Å². The monoisotopic (exact) mass is 274 g/mol. The zero-order valence-corrected chi connectivity index (χ0v) is 13.9. The molecular formula is C19H30O. The molecule has 1 heteroatoms. The summed E-state index contributed by atoms with van der Waals surface area (Å²) in [5, 5.41) is 9.76. The summed E-state index contributed by atoms with van der Waals surface area (Å²) in [6.07, 6.45) is 7.44. The Hall–Kier alpha value is -1.18. The van der Waals surface area contributed by atoms with Gasteiger partial charge in [-0.15, -0.1) is 0 Å². The molecule has 0 radical (unpaired) electrons. The Labute approximate surface area is 125 Å². The van der Waals surface area contributed by atoms with E-state index in [0.717, 1.165) is 49.7 Å². The van der Waals surface area contributed by atoms with Crippen LogP contribution in [-0.2, 0) is 0 Å². The fourth-order valence-electron chi connectivity index (χ4n) is 1.68. The van der Waals surface area contributed by atoms with Gasteiger partial charge in [0.1, 0.15) is 5.60 Å². The second-order valence-electron chi connectivity index (χ2n) is 5.63. The maximum absolute atomic E-state index is 9.76. The highest BCUT2D eigenvalue weighted by Gasteiger charge is 2.07. The maximum atomic E-state index is 9.76. The average Bonchev–Trinajstić information content (AvgIpc) is 2.39. The topological polar surface area (TPSA) is 20.2 Å². The van der Waals surface area contributed by atoms with Crippen LogP contribution in [-0.4, -0.2) is 10.7 Å². The minimum absolute atomic E-state index is 0.915. The van der Waals surface area contributed by atoms with E-state index in [9.17, 15) is 5.11 Å². The summed E-state index contributed by atoms with van der Waals surface area (Å²) >= 11 is 0.